The van der Waals surface area contributed by atoms with Crippen LogP contribution in [0.25, 0.3) is 0 Å². The third-order valence-electron chi connectivity index (χ3n) is 2.28. The van der Waals surface area contributed by atoms with E-state index in [-0.39, 0.29) is 0 Å². The molecule has 0 saturated heterocycles. The van der Waals surface area contributed by atoms with Crippen molar-refractivity contribution in [3.63, 3.8) is 0 Å². The second kappa shape index (κ2) is 4.75. The minimum absolute atomic E-state index is 1.05. The zero-order valence-corrected chi connectivity index (χ0v) is 8.67. The molecule has 0 fully saturated rings. The molecule has 0 spiro atoms. The molecule has 0 amide bonds. The van der Waals surface area contributed by atoms with E-state index in [1.54, 1.807) is 0 Å². The maximum Gasteiger partial charge on any atom is 0.0601 e. The smallest absolute Gasteiger partial charge is 0.0601 e. The van der Waals surface area contributed by atoms with Gasteiger partial charge in [0.1, 0.15) is 0 Å². The SMILES string of the molecule is CCN(CC)c1ccccc1NC. The highest BCUT2D eigenvalue weighted by Gasteiger charge is 2.04. The van der Waals surface area contributed by atoms with Crippen LogP contribution in [-0.2, 0) is 0 Å². The number of hydrogen-bond donors (Lipinski definition) is 1. The zero-order chi connectivity index (χ0) is 9.68. The molecule has 13 heavy (non-hydrogen) atoms. The lowest BCUT2D eigenvalue weighted by atomic mass is 10.2. The van der Waals surface area contributed by atoms with Crippen molar-refractivity contribution in [2.75, 3.05) is 30.4 Å². The van der Waals surface area contributed by atoms with E-state index in [2.05, 4.69) is 48.3 Å². The molecule has 0 atom stereocenters. The molecular weight excluding hydrogens is 160 g/mol. The predicted octanol–water partition coefficient (Wildman–Crippen LogP) is 2.57. The molecule has 1 rings (SSSR count). The third-order valence-corrected chi connectivity index (χ3v) is 2.28. The summed E-state index contributed by atoms with van der Waals surface area (Å²) in [5.41, 5.74) is 2.49. The summed E-state index contributed by atoms with van der Waals surface area (Å²) in [7, 11) is 1.96. The van der Waals surface area contributed by atoms with Gasteiger partial charge in [0.05, 0.1) is 11.4 Å². The molecular formula is C11H18N2. The topological polar surface area (TPSA) is 15.3 Å². The lowest BCUT2D eigenvalue weighted by Gasteiger charge is -2.23. The van der Waals surface area contributed by atoms with Gasteiger partial charge in [-0.2, -0.15) is 0 Å². The van der Waals surface area contributed by atoms with Crippen LogP contribution in [0.2, 0.25) is 0 Å². The van der Waals surface area contributed by atoms with Crippen molar-refractivity contribution >= 4 is 11.4 Å². The van der Waals surface area contributed by atoms with E-state index in [0.717, 1.165) is 13.1 Å². The number of nitrogens with zero attached hydrogens (tertiary/aromatic N) is 1. The maximum atomic E-state index is 3.20. The van der Waals surface area contributed by atoms with Gasteiger partial charge in [0.2, 0.25) is 0 Å². The zero-order valence-electron chi connectivity index (χ0n) is 8.67. The highest BCUT2D eigenvalue weighted by molar-refractivity contribution is 5.69. The number of hydrogen-bond acceptors (Lipinski definition) is 2. The second-order valence-electron chi connectivity index (χ2n) is 2.94. The standard InChI is InChI=1S/C11H18N2/c1-4-13(5-2)11-9-7-6-8-10(11)12-3/h6-9,12H,4-5H2,1-3H3. The van der Waals surface area contributed by atoms with Crippen molar-refractivity contribution in [1.82, 2.24) is 0 Å². The first-order valence-electron chi connectivity index (χ1n) is 4.85. The summed E-state index contributed by atoms with van der Waals surface area (Å²) in [4.78, 5) is 2.34. The molecule has 1 N–H and O–H groups in total. The third kappa shape index (κ3) is 2.14. The van der Waals surface area contributed by atoms with Gasteiger partial charge in [-0.15, -0.1) is 0 Å². The highest BCUT2D eigenvalue weighted by Crippen LogP contribution is 2.24. The maximum absolute atomic E-state index is 3.20. The van der Waals surface area contributed by atoms with Crippen molar-refractivity contribution < 1.29 is 0 Å². The molecule has 72 valence electrons. The summed E-state index contributed by atoms with van der Waals surface area (Å²) >= 11 is 0. The number of para-hydroxylation sites is 2. The molecule has 1 aromatic carbocycles. The van der Waals surface area contributed by atoms with Crippen LogP contribution >= 0.6 is 0 Å². The summed E-state index contributed by atoms with van der Waals surface area (Å²) in [6.07, 6.45) is 0. The molecule has 0 aromatic heterocycles. The summed E-state index contributed by atoms with van der Waals surface area (Å²) < 4.78 is 0. The highest BCUT2D eigenvalue weighted by atomic mass is 15.1. The Kier molecular flexibility index (Phi) is 3.62. The van der Waals surface area contributed by atoms with Gasteiger partial charge >= 0.3 is 0 Å². The fourth-order valence-corrected chi connectivity index (χ4v) is 1.53. The second-order valence-corrected chi connectivity index (χ2v) is 2.94. The van der Waals surface area contributed by atoms with Gasteiger partial charge < -0.3 is 10.2 Å². The van der Waals surface area contributed by atoms with E-state index in [0.29, 0.717) is 0 Å². The van der Waals surface area contributed by atoms with Crippen LogP contribution < -0.4 is 10.2 Å². The Hall–Kier alpha value is -1.18. The van der Waals surface area contributed by atoms with Gasteiger partial charge in [-0.3, -0.25) is 0 Å². The molecule has 0 aliphatic carbocycles. The van der Waals surface area contributed by atoms with Crippen molar-refractivity contribution in [2.45, 2.75) is 13.8 Å². The monoisotopic (exact) mass is 178 g/mol. The van der Waals surface area contributed by atoms with Gasteiger partial charge in [-0.25, -0.2) is 0 Å². The molecule has 0 aliphatic rings. The average molecular weight is 178 g/mol. The first-order valence-corrected chi connectivity index (χ1v) is 4.85. The van der Waals surface area contributed by atoms with Gasteiger partial charge in [-0.1, -0.05) is 12.1 Å². The lowest BCUT2D eigenvalue weighted by molar-refractivity contribution is 0.867. The van der Waals surface area contributed by atoms with Gasteiger partial charge in [0.25, 0.3) is 0 Å². The van der Waals surface area contributed by atoms with E-state index in [9.17, 15) is 0 Å². The van der Waals surface area contributed by atoms with Crippen LogP contribution in [0.5, 0.6) is 0 Å². The Bertz CT molecular complexity index is 254. The summed E-state index contributed by atoms with van der Waals surface area (Å²) in [6.45, 7) is 6.45. The van der Waals surface area contributed by atoms with Crippen molar-refractivity contribution in [2.24, 2.45) is 0 Å². The Morgan fingerprint density at radius 2 is 1.77 bits per heavy atom. The quantitative estimate of drug-likeness (QED) is 0.762. The molecule has 0 unspecified atom stereocenters. The Balaban J connectivity index is 2.96. The van der Waals surface area contributed by atoms with E-state index < -0.39 is 0 Å². The molecule has 0 saturated carbocycles. The Morgan fingerprint density at radius 1 is 1.15 bits per heavy atom. The van der Waals surface area contributed by atoms with Crippen molar-refractivity contribution in [1.29, 1.82) is 0 Å². The number of rotatable bonds is 4. The normalized spacial score (nSPS) is 9.77. The van der Waals surface area contributed by atoms with Crippen LogP contribution in [-0.4, -0.2) is 20.1 Å². The van der Waals surface area contributed by atoms with Crippen LogP contribution in [0, 0.1) is 0 Å². The summed E-state index contributed by atoms with van der Waals surface area (Å²) in [5.74, 6) is 0. The number of benzene rings is 1. The number of nitrogens with one attached hydrogen (secondary N) is 1. The minimum atomic E-state index is 1.05. The van der Waals surface area contributed by atoms with E-state index in [1.807, 2.05) is 7.05 Å². The molecule has 0 radical (unpaired) electrons. The molecule has 0 aliphatic heterocycles. The fourth-order valence-electron chi connectivity index (χ4n) is 1.53. The first-order chi connectivity index (χ1) is 6.33. The molecule has 0 heterocycles. The number of anilines is 2. The van der Waals surface area contributed by atoms with E-state index >= 15 is 0 Å². The van der Waals surface area contributed by atoms with Crippen molar-refractivity contribution in [3.8, 4) is 0 Å². The van der Waals surface area contributed by atoms with Crippen LogP contribution in [0.15, 0.2) is 24.3 Å². The van der Waals surface area contributed by atoms with E-state index in [4.69, 9.17) is 0 Å². The largest absolute Gasteiger partial charge is 0.386 e. The predicted molar refractivity (Wildman–Crippen MR) is 59.5 cm³/mol. The Morgan fingerprint density at radius 3 is 2.31 bits per heavy atom. The summed E-state index contributed by atoms with van der Waals surface area (Å²) in [5, 5.41) is 3.20. The van der Waals surface area contributed by atoms with E-state index in [1.165, 1.54) is 11.4 Å². The van der Waals surface area contributed by atoms with Gasteiger partial charge in [-0.05, 0) is 26.0 Å². The Labute approximate surface area is 80.6 Å². The first kappa shape index (κ1) is 9.90. The molecule has 0 bridgehead atoms. The molecule has 1 aromatic rings. The van der Waals surface area contributed by atoms with Crippen molar-refractivity contribution in [3.05, 3.63) is 24.3 Å². The van der Waals surface area contributed by atoms with Crippen LogP contribution in [0.1, 0.15) is 13.8 Å². The molecule has 2 heteroatoms. The fraction of sp³-hybridized carbons (Fsp3) is 0.455. The van der Waals surface area contributed by atoms with Gasteiger partial charge in [0.15, 0.2) is 0 Å². The van der Waals surface area contributed by atoms with Crippen LogP contribution in [0.4, 0.5) is 11.4 Å². The van der Waals surface area contributed by atoms with Gasteiger partial charge in [0, 0.05) is 20.1 Å². The minimum Gasteiger partial charge on any atom is -0.386 e. The average Bonchev–Trinajstić information content (AvgIpc) is 2.20. The summed E-state index contributed by atoms with van der Waals surface area (Å²) in [6, 6.07) is 8.39. The molecule has 2 nitrogen and oxygen atoms in total. The van der Waals surface area contributed by atoms with Crippen LogP contribution in [0.3, 0.4) is 0 Å². The lowest BCUT2D eigenvalue weighted by Crippen LogP contribution is -2.22.